The van der Waals surface area contributed by atoms with E-state index >= 15 is 0 Å². The van der Waals surface area contributed by atoms with Gasteiger partial charge >= 0.3 is 0 Å². The molecule has 3 N–H and O–H groups in total. The van der Waals surface area contributed by atoms with E-state index in [4.69, 9.17) is 10.5 Å². The van der Waals surface area contributed by atoms with Gasteiger partial charge in [-0.2, -0.15) is 0 Å². The van der Waals surface area contributed by atoms with E-state index in [1.54, 1.807) is 32.3 Å². The second-order valence-corrected chi connectivity index (χ2v) is 5.18. The maximum Gasteiger partial charge on any atom is 0.253 e. The van der Waals surface area contributed by atoms with Gasteiger partial charge in [0.25, 0.3) is 5.91 Å². The van der Waals surface area contributed by atoms with Crippen LogP contribution in [0, 0.1) is 0 Å². The summed E-state index contributed by atoms with van der Waals surface area (Å²) in [4.78, 5) is 25.3. The third kappa shape index (κ3) is 5.07. The first kappa shape index (κ1) is 17.0. The monoisotopic (exact) mass is 293 g/mol. The Morgan fingerprint density at radius 2 is 2.05 bits per heavy atom. The fraction of sp³-hybridized carbons (Fsp3) is 0.467. The Morgan fingerprint density at radius 3 is 2.57 bits per heavy atom. The lowest BCUT2D eigenvalue weighted by Gasteiger charge is -2.14. The highest BCUT2D eigenvalue weighted by Crippen LogP contribution is 2.26. The van der Waals surface area contributed by atoms with E-state index < -0.39 is 0 Å². The lowest BCUT2D eigenvalue weighted by atomic mass is 10.1. The maximum atomic E-state index is 12.0. The largest absolute Gasteiger partial charge is 0.495 e. The van der Waals surface area contributed by atoms with Crippen molar-refractivity contribution in [3.63, 3.8) is 0 Å². The third-order valence-corrected chi connectivity index (χ3v) is 2.95. The number of hydrogen-bond acceptors (Lipinski definition) is 4. The fourth-order valence-corrected chi connectivity index (χ4v) is 1.77. The molecule has 1 aromatic carbocycles. The summed E-state index contributed by atoms with van der Waals surface area (Å²) in [5, 5.41) is 2.76. The summed E-state index contributed by atoms with van der Waals surface area (Å²) in [7, 11) is 4.86. The van der Waals surface area contributed by atoms with Crippen LogP contribution in [0.15, 0.2) is 18.2 Å². The van der Waals surface area contributed by atoms with E-state index in [-0.39, 0.29) is 17.9 Å². The van der Waals surface area contributed by atoms with E-state index in [0.717, 1.165) is 0 Å². The molecule has 0 aliphatic heterocycles. The molecule has 0 saturated heterocycles. The van der Waals surface area contributed by atoms with E-state index in [1.165, 1.54) is 12.0 Å². The molecule has 6 heteroatoms. The average molecular weight is 293 g/mol. The Labute approximate surface area is 125 Å². The van der Waals surface area contributed by atoms with Gasteiger partial charge in [-0.3, -0.25) is 9.59 Å². The quantitative estimate of drug-likeness (QED) is 0.831. The molecule has 0 saturated carbocycles. The van der Waals surface area contributed by atoms with Gasteiger partial charge in [-0.15, -0.1) is 0 Å². The molecule has 0 radical (unpaired) electrons. The van der Waals surface area contributed by atoms with Crippen LogP contribution in [0.3, 0.4) is 0 Å². The van der Waals surface area contributed by atoms with E-state index in [0.29, 0.717) is 29.8 Å². The number of carbonyl (C=O) groups excluding carboxylic acids is 2. The van der Waals surface area contributed by atoms with E-state index in [1.807, 2.05) is 6.92 Å². The maximum absolute atomic E-state index is 12.0. The van der Waals surface area contributed by atoms with Crippen LogP contribution < -0.4 is 15.8 Å². The lowest BCUT2D eigenvalue weighted by Crippen LogP contribution is -2.22. The van der Waals surface area contributed by atoms with Crippen molar-refractivity contribution >= 4 is 17.5 Å². The average Bonchev–Trinajstić information content (AvgIpc) is 2.44. The molecule has 1 rings (SSSR count). The van der Waals surface area contributed by atoms with Crippen LogP contribution in [-0.2, 0) is 4.79 Å². The van der Waals surface area contributed by atoms with Crippen molar-refractivity contribution in [3.05, 3.63) is 23.8 Å². The standard InChI is InChI=1S/C15H23N3O3/c1-10(16)5-8-14(19)17-12-9-11(15(20)18(2)3)6-7-13(12)21-4/h6-7,9-10H,5,8,16H2,1-4H3,(H,17,19). The molecule has 0 bridgehead atoms. The zero-order valence-corrected chi connectivity index (χ0v) is 13.0. The summed E-state index contributed by atoms with van der Waals surface area (Å²) in [5.74, 6) is 0.225. The number of methoxy groups -OCH3 is 1. The molecule has 21 heavy (non-hydrogen) atoms. The summed E-state index contributed by atoms with van der Waals surface area (Å²) < 4.78 is 5.20. The molecule has 0 aromatic heterocycles. The van der Waals surface area contributed by atoms with Crippen molar-refractivity contribution < 1.29 is 14.3 Å². The van der Waals surface area contributed by atoms with Gasteiger partial charge < -0.3 is 20.7 Å². The summed E-state index contributed by atoms with van der Waals surface area (Å²) in [6.07, 6.45) is 0.928. The Balaban J connectivity index is 2.90. The summed E-state index contributed by atoms with van der Waals surface area (Å²) >= 11 is 0. The van der Waals surface area contributed by atoms with Crippen LogP contribution in [0.4, 0.5) is 5.69 Å². The van der Waals surface area contributed by atoms with Crippen molar-refractivity contribution in [2.45, 2.75) is 25.8 Å². The number of carbonyl (C=O) groups is 2. The second-order valence-electron chi connectivity index (χ2n) is 5.18. The minimum Gasteiger partial charge on any atom is -0.495 e. The summed E-state index contributed by atoms with van der Waals surface area (Å²) in [6.45, 7) is 1.85. The first-order chi connectivity index (χ1) is 9.85. The molecular formula is C15H23N3O3. The van der Waals surface area contributed by atoms with Gasteiger partial charge in [0.15, 0.2) is 0 Å². The van der Waals surface area contributed by atoms with E-state index in [9.17, 15) is 9.59 Å². The molecule has 0 aliphatic rings. The van der Waals surface area contributed by atoms with Crippen LogP contribution in [0.2, 0.25) is 0 Å². The van der Waals surface area contributed by atoms with Gasteiger partial charge in [-0.25, -0.2) is 0 Å². The first-order valence-corrected chi connectivity index (χ1v) is 6.80. The lowest BCUT2D eigenvalue weighted by molar-refractivity contribution is -0.116. The number of benzene rings is 1. The number of ether oxygens (including phenoxy) is 1. The van der Waals surface area contributed by atoms with E-state index in [2.05, 4.69) is 5.32 Å². The number of rotatable bonds is 6. The molecule has 0 heterocycles. The molecule has 1 unspecified atom stereocenters. The van der Waals surface area contributed by atoms with Gasteiger partial charge in [0, 0.05) is 32.1 Å². The van der Waals surface area contributed by atoms with Crippen molar-refractivity contribution in [2.24, 2.45) is 5.73 Å². The zero-order valence-electron chi connectivity index (χ0n) is 13.0. The molecule has 0 spiro atoms. The zero-order chi connectivity index (χ0) is 16.0. The fourth-order valence-electron chi connectivity index (χ4n) is 1.77. The highest BCUT2D eigenvalue weighted by atomic mass is 16.5. The smallest absolute Gasteiger partial charge is 0.253 e. The predicted molar refractivity (Wildman–Crippen MR) is 82.5 cm³/mol. The Bertz CT molecular complexity index is 513. The molecule has 1 atom stereocenters. The Kier molecular flexibility index (Phi) is 6.17. The number of nitrogens with zero attached hydrogens (tertiary/aromatic N) is 1. The van der Waals surface area contributed by atoms with Crippen LogP contribution in [0.5, 0.6) is 5.75 Å². The van der Waals surface area contributed by atoms with Crippen molar-refractivity contribution in [3.8, 4) is 5.75 Å². The second kappa shape index (κ2) is 7.64. The Hall–Kier alpha value is -2.08. The molecule has 0 fully saturated rings. The van der Waals surface area contributed by atoms with Gasteiger partial charge in [0.1, 0.15) is 5.75 Å². The molecular weight excluding hydrogens is 270 g/mol. The number of nitrogens with one attached hydrogen (secondary N) is 1. The molecule has 2 amide bonds. The Morgan fingerprint density at radius 1 is 1.38 bits per heavy atom. The predicted octanol–water partition coefficient (Wildman–Crippen LogP) is 1.46. The van der Waals surface area contributed by atoms with Gasteiger partial charge in [-0.1, -0.05) is 0 Å². The minimum atomic E-state index is -0.153. The van der Waals surface area contributed by atoms with Crippen LogP contribution in [0.25, 0.3) is 0 Å². The number of anilines is 1. The summed E-state index contributed by atoms with van der Waals surface area (Å²) in [6, 6.07) is 4.92. The highest BCUT2D eigenvalue weighted by molar-refractivity contribution is 5.98. The topological polar surface area (TPSA) is 84.7 Å². The number of amides is 2. The molecule has 1 aromatic rings. The van der Waals surface area contributed by atoms with Crippen molar-refractivity contribution in [2.75, 3.05) is 26.5 Å². The van der Waals surface area contributed by atoms with Crippen LogP contribution >= 0.6 is 0 Å². The normalized spacial score (nSPS) is 11.7. The highest BCUT2D eigenvalue weighted by Gasteiger charge is 2.13. The summed E-state index contributed by atoms with van der Waals surface area (Å²) in [5.41, 5.74) is 6.61. The number of nitrogens with two attached hydrogens (primary N) is 1. The molecule has 116 valence electrons. The SMILES string of the molecule is COc1ccc(C(=O)N(C)C)cc1NC(=O)CCC(C)N. The molecule has 6 nitrogen and oxygen atoms in total. The number of hydrogen-bond donors (Lipinski definition) is 2. The minimum absolute atomic E-state index is 0.0284. The van der Waals surface area contributed by atoms with Gasteiger partial charge in [0.2, 0.25) is 5.91 Å². The third-order valence-electron chi connectivity index (χ3n) is 2.95. The van der Waals surface area contributed by atoms with Gasteiger partial charge in [-0.05, 0) is 31.5 Å². The van der Waals surface area contributed by atoms with Crippen molar-refractivity contribution in [1.82, 2.24) is 4.90 Å². The first-order valence-electron chi connectivity index (χ1n) is 6.80. The van der Waals surface area contributed by atoms with Crippen LogP contribution in [0.1, 0.15) is 30.1 Å². The van der Waals surface area contributed by atoms with Crippen molar-refractivity contribution in [1.29, 1.82) is 0 Å². The molecule has 0 aliphatic carbocycles. The van der Waals surface area contributed by atoms with Crippen LogP contribution in [-0.4, -0.2) is 44.0 Å². The van der Waals surface area contributed by atoms with Gasteiger partial charge in [0.05, 0.1) is 12.8 Å².